The Labute approximate surface area is 146 Å². The molecule has 2 aromatic rings. The van der Waals surface area contributed by atoms with E-state index in [2.05, 4.69) is 6.92 Å². The molecule has 5 heteroatoms. The van der Waals surface area contributed by atoms with Crippen LogP contribution in [0.25, 0.3) is 0 Å². The lowest BCUT2D eigenvalue weighted by atomic mass is 9.90. The topological polar surface area (TPSA) is 46.6 Å². The first kappa shape index (κ1) is 16.7. The van der Waals surface area contributed by atoms with Gasteiger partial charge in [0.15, 0.2) is 0 Å². The predicted octanol–water partition coefficient (Wildman–Crippen LogP) is 4.01. The van der Waals surface area contributed by atoms with Gasteiger partial charge in [-0.2, -0.15) is 0 Å². The van der Waals surface area contributed by atoms with E-state index >= 15 is 0 Å². The Bertz CT molecular complexity index is 741. The van der Waals surface area contributed by atoms with Crippen molar-refractivity contribution in [1.29, 1.82) is 0 Å². The summed E-state index contributed by atoms with van der Waals surface area (Å²) in [7, 11) is 0. The number of thiophene rings is 1. The summed E-state index contributed by atoms with van der Waals surface area (Å²) in [5.74, 6) is -0.667. The molecule has 0 saturated heterocycles. The molecule has 2 heterocycles. The minimum absolute atomic E-state index is 0.185. The number of rotatable bonds is 6. The number of carbonyl (C=O) groups is 2. The minimum atomic E-state index is -1.39. The molecule has 0 aliphatic carbocycles. The van der Waals surface area contributed by atoms with E-state index in [0.717, 1.165) is 23.4 Å². The summed E-state index contributed by atoms with van der Waals surface area (Å²) >= 11 is 1.42. The molecular weight excluding hydrogens is 322 g/mol. The van der Waals surface area contributed by atoms with Crippen molar-refractivity contribution in [2.75, 3.05) is 18.1 Å². The molecule has 1 aliphatic heterocycles. The Morgan fingerprint density at radius 3 is 2.67 bits per heavy atom. The van der Waals surface area contributed by atoms with Crippen LogP contribution in [0.5, 0.6) is 0 Å². The first-order valence-electron chi connectivity index (χ1n) is 8.30. The van der Waals surface area contributed by atoms with Gasteiger partial charge < -0.3 is 9.64 Å². The monoisotopic (exact) mass is 343 g/mol. The van der Waals surface area contributed by atoms with Gasteiger partial charge in [-0.15, -0.1) is 11.3 Å². The highest BCUT2D eigenvalue weighted by molar-refractivity contribution is 7.10. The van der Waals surface area contributed by atoms with Gasteiger partial charge in [0.25, 0.3) is 0 Å². The average Bonchev–Trinajstić information content (AvgIpc) is 3.20. The van der Waals surface area contributed by atoms with Gasteiger partial charge in [0.05, 0.1) is 6.61 Å². The molecule has 126 valence electrons. The smallest absolute Gasteiger partial charge is 0.345 e. The lowest BCUT2D eigenvalue weighted by molar-refractivity contribution is -0.147. The van der Waals surface area contributed by atoms with Gasteiger partial charge >= 0.3 is 5.97 Å². The summed E-state index contributed by atoms with van der Waals surface area (Å²) in [4.78, 5) is 29.1. The number of ether oxygens (including phenoxy) is 1. The number of carbonyl (C=O) groups excluding carboxylic acids is 2. The lowest BCUT2D eigenvalue weighted by Gasteiger charge is -2.36. The summed E-state index contributed by atoms with van der Waals surface area (Å²) < 4.78 is 5.37. The van der Waals surface area contributed by atoms with Crippen LogP contribution in [0.2, 0.25) is 0 Å². The summed E-state index contributed by atoms with van der Waals surface area (Å²) in [5, 5.41) is 1.89. The first-order chi connectivity index (χ1) is 11.7. The summed E-state index contributed by atoms with van der Waals surface area (Å²) in [6.45, 7) is 4.75. The fraction of sp³-hybridized carbons (Fsp3) is 0.368. The highest BCUT2D eigenvalue weighted by Crippen LogP contribution is 2.47. The second kappa shape index (κ2) is 6.77. The molecule has 0 saturated carbocycles. The zero-order valence-corrected chi connectivity index (χ0v) is 14.8. The molecule has 3 rings (SSSR count). The fourth-order valence-electron chi connectivity index (χ4n) is 3.27. The molecule has 1 aromatic heterocycles. The maximum atomic E-state index is 13.4. The van der Waals surface area contributed by atoms with Crippen molar-refractivity contribution in [1.82, 2.24) is 0 Å². The molecule has 4 nitrogen and oxygen atoms in total. The van der Waals surface area contributed by atoms with Crippen LogP contribution in [0.4, 0.5) is 5.69 Å². The van der Waals surface area contributed by atoms with Gasteiger partial charge in [0.1, 0.15) is 0 Å². The Morgan fingerprint density at radius 2 is 2.00 bits per heavy atom. The van der Waals surface area contributed by atoms with Crippen molar-refractivity contribution in [2.24, 2.45) is 0 Å². The number of hydrogen-bond acceptors (Lipinski definition) is 5. The second-order valence-corrected chi connectivity index (χ2v) is 6.71. The molecule has 1 aromatic carbocycles. The van der Waals surface area contributed by atoms with E-state index in [9.17, 15) is 9.59 Å². The van der Waals surface area contributed by atoms with Crippen molar-refractivity contribution in [2.45, 2.75) is 32.2 Å². The molecule has 0 fully saturated rings. The summed E-state index contributed by atoms with van der Waals surface area (Å²) in [6, 6.07) is 11.2. The van der Waals surface area contributed by atoms with Crippen LogP contribution in [-0.4, -0.2) is 24.9 Å². The van der Waals surface area contributed by atoms with Crippen LogP contribution >= 0.6 is 11.3 Å². The van der Waals surface area contributed by atoms with Crippen LogP contribution in [-0.2, 0) is 15.1 Å². The number of benzene rings is 1. The van der Waals surface area contributed by atoms with E-state index in [-0.39, 0.29) is 12.4 Å². The predicted molar refractivity (Wildman–Crippen MR) is 95.7 cm³/mol. The Balaban J connectivity index is 2.22. The van der Waals surface area contributed by atoms with Gasteiger partial charge in [0.2, 0.25) is 11.3 Å². The van der Waals surface area contributed by atoms with E-state index in [0.29, 0.717) is 12.1 Å². The number of Topliss-reactive ketones (excluding diaryl/α,β-unsaturated/α-hetero) is 1. The number of hydrogen-bond donors (Lipinski definition) is 0. The van der Waals surface area contributed by atoms with Crippen LogP contribution in [0, 0.1) is 0 Å². The van der Waals surface area contributed by atoms with Crippen molar-refractivity contribution in [3.05, 3.63) is 52.2 Å². The quantitative estimate of drug-likeness (QED) is 0.587. The molecular formula is C19H21NO3S. The van der Waals surface area contributed by atoms with Crippen LogP contribution in [0.15, 0.2) is 41.8 Å². The van der Waals surface area contributed by atoms with E-state index in [1.54, 1.807) is 13.0 Å². The van der Waals surface area contributed by atoms with Crippen molar-refractivity contribution in [3.8, 4) is 0 Å². The molecule has 0 radical (unpaired) electrons. The molecule has 0 bridgehead atoms. The molecule has 0 unspecified atom stereocenters. The molecule has 0 spiro atoms. The van der Waals surface area contributed by atoms with Crippen molar-refractivity contribution in [3.63, 3.8) is 0 Å². The molecule has 1 atom stereocenters. The van der Waals surface area contributed by atoms with Gasteiger partial charge in [-0.3, -0.25) is 4.79 Å². The van der Waals surface area contributed by atoms with Gasteiger partial charge in [-0.05, 0) is 36.9 Å². The Hall–Kier alpha value is -2.14. The lowest BCUT2D eigenvalue weighted by Crippen LogP contribution is -2.54. The van der Waals surface area contributed by atoms with E-state index in [4.69, 9.17) is 4.74 Å². The second-order valence-electron chi connectivity index (χ2n) is 5.76. The maximum absolute atomic E-state index is 13.4. The maximum Gasteiger partial charge on any atom is 0.345 e. The number of para-hydroxylation sites is 1. The van der Waals surface area contributed by atoms with E-state index in [1.807, 2.05) is 40.6 Å². The van der Waals surface area contributed by atoms with Crippen molar-refractivity contribution >= 4 is 28.8 Å². The third kappa shape index (κ3) is 2.35. The number of esters is 1. The number of ketones is 1. The minimum Gasteiger partial charge on any atom is -0.464 e. The Morgan fingerprint density at radius 1 is 1.21 bits per heavy atom. The Kier molecular flexibility index (Phi) is 4.71. The normalized spacial score (nSPS) is 19.4. The number of nitrogens with zero attached hydrogens (tertiary/aromatic N) is 1. The number of unbranched alkanes of at least 4 members (excludes halogenated alkanes) is 1. The molecule has 1 aliphatic rings. The van der Waals surface area contributed by atoms with Crippen molar-refractivity contribution < 1.29 is 14.3 Å². The van der Waals surface area contributed by atoms with E-state index in [1.165, 1.54) is 11.3 Å². The number of fused-ring (bicyclic) bond motifs is 1. The van der Waals surface area contributed by atoms with Gasteiger partial charge in [0, 0.05) is 22.7 Å². The third-order valence-electron chi connectivity index (χ3n) is 4.36. The summed E-state index contributed by atoms with van der Waals surface area (Å²) in [5.41, 5.74) is 0.0238. The SMILES string of the molecule is CCCCN1c2ccccc2C(=O)[C@@]1(C(=O)OCC)c1cccs1. The number of anilines is 1. The molecule has 24 heavy (non-hydrogen) atoms. The third-order valence-corrected chi connectivity index (χ3v) is 5.34. The van der Waals surface area contributed by atoms with Crippen LogP contribution < -0.4 is 4.90 Å². The first-order valence-corrected chi connectivity index (χ1v) is 9.18. The zero-order chi connectivity index (χ0) is 17.2. The largest absolute Gasteiger partial charge is 0.464 e. The standard InChI is InChI=1S/C19H21NO3S/c1-3-5-12-20-15-10-7-6-9-14(15)17(21)19(20,18(22)23-4-2)16-11-8-13-24-16/h6-11,13H,3-5,12H2,1-2H3/t19-/m1/s1. The van der Waals surface area contributed by atoms with Gasteiger partial charge in [-0.1, -0.05) is 31.5 Å². The fourth-order valence-corrected chi connectivity index (χ4v) is 4.19. The van der Waals surface area contributed by atoms with Gasteiger partial charge in [-0.25, -0.2) is 4.79 Å². The van der Waals surface area contributed by atoms with E-state index < -0.39 is 11.5 Å². The molecule has 0 amide bonds. The van der Waals surface area contributed by atoms with Crippen LogP contribution in [0.1, 0.15) is 41.9 Å². The summed E-state index contributed by atoms with van der Waals surface area (Å²) in [6.07, 6.45) is 1.88. The van der Waals surface area contributed by atoms with Crippen LogP contribution in [0.3, 0.4) is 0 Å². The highest BCUT2D eigenvalue weighted by atomic mass is 32.1. The zero-order valence-electron chi connectivity index (χ0n) is 14.0. The molecule has 0 N–H and O–H groups in total. The average molecular weight is 343 g/mol. The highest BCUT2D eigenvalue weighted by Gasteiger charge is 2.59.